The molecule has 0 aliphatic heterocycles. The molecule has 1 aliphatic rings. The van der Waals surface area contributed by atoms with Gasteiger partial charge in [-0.05, 0) is 77.1 Å². The molecule has 1 N–H and O–H groups in total. The molecule has 1 aromatic carbocycles. The maximum Gasteiger partial charge on any atom is 0.292 e. The monoisotopic (exact) mass is 436 g/mol. The SMILES string of the molecule is Cc1cc2c(cc1Cc1ccc(C(=O)Nc3ccc(Cl)cn3)o1)C(C)(C)CCC2(C)C. The highest BCUT2D eigenvalue weighted by molar-refractivity contribution is 6.30. The number of anilines is 1. The lowest BCUT2D eigenvalue weighted by Crippen LogP contribution is -2.34. The first-order valence-electron chi connectivity index (χ1n) is 10.7. The third kappa shape index (κ3) is 4.40. The van der Waals surface area contributed by atoms with Crippen LogP contribution in [0, 0.1) is 6.92 Å². The molecule has 0 saturated heterocycles. The summed E-state index contributed by atoms with van der Waals surface area (Å²) < 4.78 is 5.87. The molecule has 5 heteroatoms. The van der Waals surface area contributed by atoms with Crippen LogP contribution in [0.4, 0.5) is 5.82 Å². The minimum atomic E-state index is -0.328. The first-order chi connectivity index (χ1) is 14.5. The number of rotatable bonds is 4. The van der Waals surface area contributed by atoms with Crippen molar-refractivity contribution in [3.05, 3.63) is 81.4 Å². The number of carbonyl (C=O) groups excluding carboxylic acids is 1. The summed E-state index contributed by atoms with van der Waals surface area (Å²) in [6, 6.07) is 11.6. The van der Waals surface area contributed by atoms with E-state index in [1.165, 1.54) is 41.3 Å². The van der Waals surface area contributed by atoms with E-state index in [1.807, 2.05) is 6.07 Å². The van der Waals surface area contributed by atoms with Crippen molar-refractivity contribution >= 4 is 23.3 Å². The minimum Gasteiger partial charge on any atom is -0.456 e. The minimum absolute atomic E-state index is 0.160. The van der Waals surface area contributed by atoms with Crippen LogP contribution in [-0.2, 0) is 17.3 Å². The quantitative estimate of drug-likeness (QED) is 0.487. The molecule has 1 aliphatic carbocycles. The Hall–Kier alpha value is -2.59. The van der Waals surface area contributed by atoms with Gasteiger partial charge in [0.15, 0.2) is 5.76 Å². The number of benzene rings is 1. The molecule has 0 bridgehead atoms. The number of halogens is 1. The number of hydrogen-bond acceptors (Lipinski definition) is 3. The van der Waals surface area contributed by atoms with E-state index in [1.54, 1.807) is 18.2 Å². The fourth-order valence-corrected chi connectivity index (χ4v) is 4.48. The molecular weight excluding hydrogens is 408 g/mol. The van der Waals surface area contributed by atoms with E-state index >= 15 is 0 Å². The largest absolute Gasteiger partial charge is 0.456 e. The van der Waals surface area contributed by atoms with Crippen molar-refractivity contribution in [3.63, 3.8) is 0 Å². The summed E-state index contributed by atoms with van der Waals surface area (Å²) in [5.41, 5.74) is 5.75. The predicted molar refractivity (Wildman–Crippen MR) is 125 cm³/mol. The second kappa shape index (κ2) is 7.83. The average molecular weight is 437 g/mol. The Morgan fingerprint density at radius 1 is 1.06 bits per heavy atom. The third-order valence-electron chi connectivity index (χ3n) is 6.53. The summed E-state index contributed by atoms with van der Waals surface area (Å²) in [7, 11) is 0. The molecule has 4 rings (SSSR count). The number of nitrogens with one attached hydrogen (secondary N) is 1. The Morgan fingerprint density at radius 2 is 1.74 bits per heavy atom. The first kappa shape index (κ1) is 21.6. The number of amides is 1. The van der Waals surface area contributed by atoms with Crippen LogP contribution in [0.3, 0.4) is 0 Å². The lowest BCUT2D eigenvalue weighted by atomic mass is 9.62. The van der Waals surface area contributed by atoms with Crippen LogP contribution in [0.15, 0.2) is 47.0 Å². The van der Waals surface area contributed by atoms with Crippen molar-refractivity contribution < 1.29 is 9.21 Å². The maximum absolute atomic E-state index is 12.5. The lowest BCUT2D eigenvalue weighted by Gasteiger charge is -2.42. The van der Waals surface area contributed by atoms with Crippen LogP contribution >= 0.6 is 11.6 Å². The summed E-state index contributed by atoms with van der Waals surface area (Å²) >= 11 is 5.84. The number of aryl methyl sites for hydroxylation is 1. The number of fused-ring (bicyclic) bond motifs is 1. The number of aromatic nitrogens is 1. The van der Waals surface area contributed by atoms with Crippen molar-refractivity contribution in [2.45, 2.75) is 64.7 Å². The second-order valence-corrected chi connectivity index (χ2v) is 10.3. The third-order valence-corrected chi connectivity index (χ3v) is 6.75. The van der Waals surface area contributed by atoms with Crippen LogP contribution in [-0.4, -0.2) is 10.9 Å². The molecule has 2 heterocycles. The number of pyridine rings is 1. The lowest BCUT2D eigenvalue weighted by molar-refractivity contribution is 0.0994. The van der Waals surface area contributed by atoms with E-state index in [0.717, 1.165) is 5.76 Å². The van der Waals surface area contributed by atoms with Gasteiger partial charge in [0, 0.05) is 12.6 Å². The van der Waals surface area contributed by atoms with Crippen LogP contribution in [0.1, 0.15) is 79.1 Å². The van der Waals surface area contributed by atoms with E-state index in [4.69, 9.17) is 16.0 Å². The highest BCUT2D eigenvalue weighted by Crippen LogP contribution is 2.46. The number of furan rings is 1. The molecule has 31 heavy (non-hydrogen) atoms. The van der Waals surface area contributed by atoms with Crippen LogP contribution in [0.5, 0.6) is 0 Å². The molecule has 3 aromatic rings. The molecule has 0 spiro atoms. The van der Waals surface area contributed by atoms with Gasteiger partial charge in [0.1, 0.15) is 11.6 Å². The molecular formula is C26H29ClN2O2. The van der Waals surface area contributed by atoms with Gasteiger partial charge in [0.2, 0.25) is 0 Å². The number of carbonyl (C=O) groups is 1. The van der Waals surface area contributed by atoms with Gasteiger partial charge in [-0.3, -0.25) is 4.79 Å². The van der Waals surface area contributed by atoms with Gasteiger partial charge in [-0.2, -0.15) is 0 Å². The van der Waals surface area contributed by atoms with Gasteiger partial charge in [0.05, 0.1) is 5.02 Å². The molecule has 4 nitrogen and oxygen atoms in total. The first-order valence-corrected chi connectivity index (χ1v) is 11.1. The normalized spacial score (nSPS) is 16.6. The summed E-state index contributed by atoms with van der Waals surface area (Å²) in [6.45, 7) is 11.5. The zero-order valence-corrected chi connectivity index (χ0v) is 19.6. The molecule has 0 fully saturated rings. The van der Waals surface area contributed by atoms with E-state index < -0.39 is 0 Å². The van der Waals surface area contributed by atoms with Gasteiger partial charge < -0.3 is 9.73 Å². The van der Waals surface area contributed by atoms with Crippen molar-refractivity contribution in [3.8, 4) is 0 Å². The molecule has 0 unspecified atom stereocenters. The van der Waals surface area contributed by atoms with E-state index in [2.05, 4.69) is 57.1 Å². The molecule has 0 atom stereocenters. The van der Waals surface area contributed by atoms with E-state index in [0.29, 0.717) is 17.3 Å². The molecule has 2 aromatic heterocycles. The van der Waals surface area contributed by atoms with Crippen molar-refractivity contribution in [2.75, 3.05) is 5.32 Å². The molecule has 162 valence electrons. The number of hydrogen-bond donors (Lipinski definition) is 1. The van der Waals surface area contributed by atoms with Gasteiger partial charge in [-0.15, -0.1) is 0 Å². The van der Waals surface area contributed by atoms with E-state index in [9.17, 15) is 4.79 Å². The van der Waals surface area contributed by atoms with Crippen molar-refractivity contribution in [1.29, 1.82) is 0 Å². The molecule has 1 amide bonds. The zero-order valence-electron chi connectivity index (χ0n) is 18.8. The molecule has 0 saturated carbocycles. The van der Waals surface area contributed by atoms with Gasteiger partial charge in [0.25, 0.3) is 5.91 Å². The Kier molecular flexibility index (Phi) is 5.47. The summed E-state index contributed by atoms with van der Waals surface area (Å²) in [5, 5.41) is 3.25. The Balaban J connectivity index is 1.56. The van der Waals surface area contributed by atoms with Crippen LogP contribution < -0.4 is 5.32 Å². The Morgan fingerprint density at radius 3 is 2.39 bits per heavy atom. The van der Waals surface area contributed by atoms with E-state index in [-0.39, 0.29) is 22.5 Å². The summed E-state index contributed by atoms with van der Waals surface area (Å²) in [5.74, 6) is 1.14. The topological polar surface area (TPSA) is 55.1 Å². The van der Waals surface area contributed by atoms with Crippen molar-refractivity contribution in [2.24, 2.45) is 0 Å². The van der Waals surface area contributed by atoms with Crippen LogP contribution in [0.25, 0.3) is 0 Å². The zero-order chi connectivity index (χ0) is 22.4. The highest BCUT2D eigenvalue weighted by atomic mass is 35.5. The summed E-state index contributed by atoms with van der Waals surface area (Å²) in [6.07, 6.45) is 4.53. The van der Waals surface area contributed by atoms with Crippen LogP contribution in [0.2, 0.25) is 5.02 Å². The number of nitrogens with zero attached hydrogens (tertiary/aromatic N) is 1. The van der Waals surface area contributed by atoms with Gasteiger partial charge in [-0.25, -0.2) is 4.98 Å². The fourth-order valence-electron chi connectivity index (χ4n) is 4.37. The standard InChI is InChI=1S/C26H29ClN2O2/c1-16-12-20-21(26(4,5)11-10-25(20,2)3)14-17(16)13-19-7-8-22(31-19)24(30)29-23-9-6-18(27)15-28-23/h6-9,12,14-15H,10-11,13H2,1-5H3,(H,28,29,30). The highest BCUT2D eigenvalue weighted by Gasteiger charge is 2.37. The Labute approximate surface area is 189 Å². The predicted octanol–water partition coefficient (Wildman–Crippen LogP) is 6.83. The van der Waals surface area contributed by atoms with Gasteiger partial charge >= 0.3 is 0 Å². The van der Waals surface area contributed by atoms with Crippen molar-refractivity contribution in [1.82, 2.24) is 4.98 Å². The maximum atomic E-state index is 12.5. The smallest absolute Gasteiger partial charge is 0.292 e. The molecule has 0 radical (unpaired) electrons. The average Bonchev–Trinajstić information content (AvgIpc) is 3.17. The summed E-state index contributed by atoms with van der Waals surface area (Å²) in [4.78, 5) is 16.6. The Bertz CT molecular complexity index is 1130. The van der Waals surface area contributed by atoms with Gasteiger partial charge in [-0.1, -0.05) is 51.4 Å². The fraction of sp³-hybridized carbons (Fsp3) is 0.385. The second-order valence-electron chi connectivity index (χ2n) is 9.85.